The number of benzene rings is 4. The molecule has 186 valence electrons. The van der Waals surface area contributed by atoms with Gasteiger partial charge in [0.05, 0.1) is 6.61 Å². The van der Waals surface area contributed by atoms with Crippen molar-refractivity contribution < 1.29 is 9.84 Å². The third-order valence-electron chi connectivity index (χ3n) is 7.51. The van der Waals surface area contributed by atoms with E-state index in [-0.39, 0.29) is 6.10 Å². The van der Waals surface area contributed by atoms with E-state index in [2.05, 4.69) is 82.4 Å². The van der Waals surface area contributed by atoms with Crippen molar-refractivity contribution in [2.24, 2.45) is 0 Å². The third kappa shape index (κ3) is 4.98. The number of hydrogen-bond donors (Lipinski definition) is 1. The van der Waals surface area contributed by atoms with Gasteiger partial charge in [0, 0.05) is 41.8 Å². The van der Waals surface area contributed by atoms with E-state index in [4.69, 9.17) is 4.74 Å². The first-order chi connectivity index (χ1) is 18.3. The summed E-state index contributed by atoms with van der Waals surface area (Å²) in [6.45, 7) is 2.49. The minimum atomic E-state index is -0.118. The summed E-state index contributed by atoms with van der Waals surface area (Å²) in [5, 5.41) is 12.8. The van der Waals surface area contributed by atoms with Crippen LogP contribution >= 0.6 is 0 Å². The van der Waals surface area contributed by atoms with Crippen LogP contribution in [0.3, 0.4) is 0 Å². The second-order valence-electron chi connectivity index (χ2n) is 9.84. The first kappa shape index (κ1) is 23.4. The molecule has 1 aliphatic heterocycles. The molecule has 1 aliphatic rings. The van der Waals surface area contributed by atoms with E-state index in [0.29, 0.717) is 18.5 Å². The lowest BCUT2D eigenvalue weighted by Gasteiger charge is -2.34. The monoisotopic (exact) mass is 488 g/mol. The Balaban J connectivity index is 1.15. The lowest BCUT2D eigenvalue weighted by atomic mass is 10.00. The van der Waals surface area contributed by atoms with Gasteiger partial charge in [-0.25, -0.2) is 0 Å². The number of hydrogen-bond acceptors (Lipinski definition) is 3. The zero-order valence-electron chi connectivity index (χ0n) is 20.9. The van der Waals surface area contributed by atoms with Gasteiger partial charge in [-0.15, -0.1) is 0 Å². The second-order valence-corrected chi connectivity index (χ2v) is 9.84. The molecular weight excluding hydrogens is 456 g/mol. The van der Waals surface area contributed by atoms with Gasteiger partial charge in [0.25, 0.3) is 0 Å². The van der Waals surface area contributed by atoms with Crippen molar-refractivity contribution in [1.29, 1.82) is 0 Å². The number of anilines is 1. The van der Waals surface area contributed by atoms with Gasteiger partial charge in [0.1, 0.15) is 6.10 Å². The number of nitrogens with zero attached hydrogens (tertiary/aromatic N) is 2. The predicted octanol–water partition coefficient (Wildman–Crippen LogP) is 7.49. The standard InChI is InChI=1S/C33H32N2O2/c36-33-31-14-8-7-13-28(31)23-35(33)30-19-21-34(22-20-30)29-17-15-27(16-18-29)32(26-11-5-2-6-12-26)37-24-25-9-3-1-4-10-25/h1-18,23,30,32,36H,19-22,24H2. The Morgan fingerprint density at radius 1 is 0.730 bits per heavy atom. The lowest BCUT2D eigenvalue weighted by Crippen LogP contribution is -2.34. The zero-order valence-corrected chi connectivity index (χ0v) is 20.9. The SMILES string of the molecule is Oc1c2ccccc2cn1C1CCN(c2ccc(C(OCc3ccccc3)c3ccccc3)cc2)CC1. The highest BCUT2D eigenvalue weighted by atomic mass is 16.5. The topological polar surface area (TPSA) is 37.6 Å². The summed E-state index contributed by atoms with van der Waals surface area (Å²) in [5.74, 6) is 0.390. The van der Waals surface area contributed by atoms with Crippen LogP contribution in [0.4, 0.5) is 5.69 Å². The fourth-order valence-corrected chi connectivity index (χ4v) is 5.47. The average molecular weight is 489 g/mol. The quantitative estimate of drug-likeness (QED) is 0.258. The van der Waals surface area contributed by atoms with Crippen molar-refractivity contribution in [3.63, 3.8) is 0 Å². The molecule has 0 aliphatic carbocycles. The van der Waals surface area contributed by atoms with Gasteiger partial charge in [-0.3, -0.25) is 0 Å². The molecule has 1 aromatic heterocycles. The second kappa shape index (κ2) is 10.5. The van der Waals surface area contributed by atoms with Gasteiger partial charge >= 0.3 is 0 Å². The molecule has 0 radical (unpaired) electrons. The number of rotatable bonds is 7. The normalized spacial score (nSPS) is 15.2. The van der Waals surface area contributed by atoms with Crippen molar-refractivity contribution in [3.8, 4) is 5.88 Å². The molecule has 6 rings (SSSR count). The molecule has 4 heteroatoms. The molecule has 0 spiro atoms. The highest BCUT2D eigenvalue weighted by Crippen LogP contribution is 2.35. The molecule has 1 unspecified atom stereocenters. The third-order valence-corrected chi connectivity index (χ3v) is 7.51. The number of aromatic nitrogens is 1. The molecule has 4 nitrogen and oxygen atoms in total. The molecule has 1 fully saturated rings. The van der Waals surface area contributed by atoms with Crippen molar-refractivity contribution in [3.05, 3.63) is 132 Å². The summed E-state index contributed by atoms with van der Waals surface area (Å²) < 4.78 is 8.51. The zero-order chi connectivity index (χ0) is 25.0. The van der Waals surface area contributed by atoms with Crippen LogP contribution < -0.4 is 4.90 Å². The molecule has 0 saturated carbocycles. The minimum absolute atomic E-state index is 0.118. The van der Waals surface area contributed by atoms with E-state index in [1.54, 1.807) is 0 Å². The van der Waals surface area contributed by atoms with Crippen LogP contribution in [0.5, 0.6) is 5.88 Å². The first-order valence-electron chi connectivity index (χ1n) is 13.1. The van der Waals surface area contributed by atoms with Gasteiger partial charge in [-0.2, -0.15) is 0 Å². The van der Waals surface area contributed by atoms with Crippen LogP contribution in [0.2, 0.25) is 0 Å². The fraction of sp³-hybridized carbons (Fsp3) is 0.212. The number of aromatic hydroxyl groups is 1. The van der Waals surface area contributed by atoms with Gasteiger partial charge in [-0.1, -0.05) is 91.0 Å². The van der Waals surface area contributed by atoms with E-state index in [1.807, 2.05) is 42.5 Å². The minimum Gasteiger partial charge on any atom is -0.494 e. The summed E-state index contributed by atoms with van der Waals surface area (Å²) in [6, 6.07) is 38.0. The maximum Gasteiger partial charge on any atom is 0.199 e. The van der Waals surface area contributed by atoms with Gasteiger partial charge < -0.3 is 19.3 Å². The molecule has 4 aromatic carbocycles. The van der Waals surface area contributed by atoms with Crippen molar-refractivity contribution >= 4 is 16.5 Å². The van der Waals surface area contributed by atoms with Crippen LogP contribution in [-0.2, 0) is 11.3 Å². The smallest absolute Gasteiger partial charge is 0.199 e. The van der Waals surface area contributed by atoms with E-state index in [0.717, 1.165) is 47.8 Å². The Labute approximate surface area is 218 Å². The molecule has 1 N–H and O–H groups in total. The highest BCUT2D eigenvalue weighted by molar-refractivity contribution is 5.87. The van der Waals surface area contributed by atoms with Crippen LogP contribution in [0.25, 0.3) is 10.8 Å². The summed E-state index contributed by atoms with van der Waals surface area (Å²) >= 11 is 0. The summed E-state index contributed by atoms with van der Waals surface area (Å²) in [6.07, 6.45) is 3.98. The van der Waals surface area contributed by atoms with Crippen molar-refractivity contribution in [2.45, 2.75) is 31.6 Å². The van der Waals surface area contributed by atoms with Gasteiger partial charge in [0.2, 0.25) is 0 Å². The maximum absolute atomic E-state index is 10.8. The van der Waals surface area contributed by atoms with E-state index < -0.39 is 0 Å². The van der Waals surface area contributed by atoms with Crippen molar-refractivity contribution in [2.75, 3.05) is 18.0 Å². The van der Waals surface area contributed by atoms with E-state index in [1.165, 1.54) is 11.3 Å². The van der Waals surface area contributed by atoms with Crippen molar-refractivity contribution in [1.82, 2.24) is 4.57 Å². The number of piperidine rings is 1. The number of ether oxygens (including phenoxy) is 1. The van der Waals surface area contributed by atoms with Crippen LogP contribution in [0, 0.1) is 0 Å². The Bertz CT molecular complexity index is 1440. The predicted molar refractivity (Wildman–Crippen MR) is 150 cm³/mol. The highest BCUT2D eigenvalue weighted by Gasteiger charge is 2.24. The molecule has 0 amide bonds. The molecule has 1 atom stereocenters. The Morgan fingerprint density at radius 3 is 2.05 bits per heavy atom. The van der Waals surface area contributed by atoms with Gasteiger partial charge in [0.15, 0.2) is 5.88 Å². The lowest BCUT2D eigenvalue weighted by molar-refractivity contribution is 0.0667. The largest absolute Gasteiger partial charge is 0.494 e. The molecule has 1 saturated heterocycles. The fourth-order valence-electron chi connectivity index (χ4n) is 5.47. The molecule has 2 heterocycles. The average Bonchev–Trinajstić information content (AvgIpc) is 3.31. The maximum atomic E-state index is 10.8. The summed E-state index contributed by atoms with van der Waals surface area (Å²) in [5.41, 5.74) is 4.72. The van der Waals surface area contributed by atoms with Crippen LogP contribution in [-0.4, -0.2) is 22.8 Å². The molecule has 0 bridgehead atoms. The Kier molecular flexibility index (Phi) is 6.66. The molecular formula is C33H32N2O2. The number of fused-ring (bicyclic) bond motifs is 1. The van der Waals surface area contributed by atoms with E-state index >= 15 is 0 Å². The van der Waals surface area contributed by atoms with Gasteiger partial charge in [-0.05, 0) is 47.7 Å². The Morgan fingerprint density at radius 2 is 1.35 bits per heavy atom. The summed E-state index contributed by atoms with van der Waals surface area (Å²) in [7, 11) is 0. The molecule has 37 heavy (non-hydrogen) atoms. The van der Waals surface area contributed by atoms with Crippen LogP contribution in [0.1, 0.15) is 41.7 Å². The van der Waals surface area contributed by atoms with E-state index in [9.17, 15) is 5.11 Å². The Hall–Kier alpha value is -4.02. The first-order valence-corrected chi connectivity index (χ1v) is 13.1. The summed E-state index contributed by atoms with van der Waals surface area (Å²) in [4.78, 5) is 2.45. The molecule has 5 aromatic rings. The van der Waals surface area contributed by atoms with Crippen LogP contribution in [0.15, 0.2) is 115 Å².